The fraction of sp³-hybridized carbons (Fsp3) is 0.474. The van der Waals surface area contributed by atoms with Crippen LogP contribution in [0.4, 0.5) is 5.69 Å². The van der Waals surface area contributed by atoms with Gasteiger partial charge in [0.05, 0.1) is 6.42 Å². The van der Waals surface area contributed by atoms with E-state index < -0.39 is 0 Å². The maximum atomic E-state index is 12.3. The van der Waals surface area contributed by atoms with Crippen molar-refractivity contribution in [3.8, 4) is 0 Å². The standard InChI is InChI=1S/C19H27BrN2O2/c1-5-8-9-21-14(6-2)12-19(24)22-15-10-17(13(4)23)16(7-3)18(20)11-15/h6,10-11,21H,5,7-9,12H2,1-4H3,(H,22,24)/b14-6-. The molecule has 0 spiro atoms. The molecule has 1 amide bonds. The van der Waals surface area contributed by atoms with Crippen LogP contribution in [0.3, 0.4) is 0 Å². The second-order valence-electron chi connectivity index (χ2n) is 5.71. The highest BCUT2D eigenvalue weighted by Gasteiger charge is 2.13. The number of unbranched alkanes of at least 4 members (excludes halogenated alkanes) is 1. The summed E-state index contributed by atoms with van der Waals surface area (Å²) in [7, 11) is 0. The monoisotopic (exact) mass is 394 g/mol. The van der Waals surface area contributed by atoms with Gasteiger partial charge in [-0.2, -0.15) is 0 Å². The Bertz CT molecular complexity index is 624. The van der Waals surface area contributed by atoms with Crippen molar-refractivity contribution in [2.24, 2.45) is 0 Å². The maximum absolute atomic E-state index is 12.3. The van der Waals surface area contributed by atoms with Crippen LogP contribution in [0.2, 0.25) is 0 Å². The molecular weight excluding hydrogens is 368 g/mol. The normalized spacial score (nSPS) is 11.3. The zero-order valence-electron chi connectivity index (χ0n) is 15.0. The number of anilines is 1. The van der Waals surface area contributed by atoms with Crippen molar-refractivity contribution in [2.45, 2.75) is 53.4 Å². The summed E-state index contributed by atoms with van der Waals surface area (Å²) >= 11 is 3.50. The summed E-state index contributed by atoms with van der Waals surface area (Å²) in [4.78, 5) is 24.1. The van der Waals surface area contributed by atoms with Crippen LogP contribution in [-0.4, -0.2) is 18.2 Å². The van der Waals surface area contributed by atoms with E-state index in [4.69, 9.17) is 0 Å². The van der Waals surface area contributed by atoms with E-state index in [0.717, 1.165) is 41.5 Å². The Morgan fingerprint density at radius 3 is 2.50 bits per heavy atom. The summed E-state index contributed by atoms with van der Waals surface area (Å²) in [5.41, 5.74) is 3.17. The molecule has 1 aromatic carbocycles. The third kappa shape index (κ3) is 6.11. The lowest BCUT2D eigenvalue weighted by Gasteiger charge is -2.14. The number of rotatable bonds is 9. The fourth-order valence-corrected chi connectivity index (χ4v) is 3.19. The van der Waals surface area contributed by atoms with Crippen molar-refractivity contribution in [1.29, 1.82) is 0 Å². The van der Waals surface area contributed by atoms with Crippen molar-refractivity contribution in [1.82, 2.24) is 5.32 Å². The number of carbonyl (C=O) groups excluding carboxylic acids is 2. The van der Waals surface area contributed by atoms with E-state index in [1.807, 2.05) is 26.0 Å². The van der Waals surface area contributed by atoms with E-state index in [0.29, 0.717) is 17.7 Å². The highest BCUT2D eigenvalue weighted by atomic mass is 79.9. The number of carbonyl (C=O) groups is 2. The Morgan fingerprint density at radius 1 is 1.25 bits per heavy atom. The van der Waals surface area contributed by atoms with E-state index in [-0.39, 0.29) is 11.7 Å². The second-order valence-corrected chi connectivity index (χ2v) is 6.57. The van der Waals surface area contributed by atoms with Crippen LogP contribution < -0.4 is 10.6 Å². The number of hydrogen-bond donors (Lipinski definition) is 2. The number of hydrogen-bond acceptors (Lipinski definition) is 3. The SMILES string of the molecule is C/C=C(/CC(=O)Nc1cc(Br)c(CC)c(C(C)=O)c1)NCCCC. The summed E-state index contributed by atoms with van der Waals surface area (Å²) < 4.78 is 0.848. The Kier molecular flexibility index (Phi) is 8.76. The first-order chi connectivity index (χ1) is 11.4. The average Bonchev–Trinajstić information content (AvgIpc) is 2.53. The van der Waals surface area contributed by atoms with E-state index in [2.05, 4.69) is 33.5 Å². The molecule has 0 heterocycles. The Labute approximate surface area is 153 Å². The molecule has 0 aliphatic carbocycles. The molecule has 0 fully saturated rings. The molecule has 0 atom stereocenters. The molecule has 132 valence electrons. The van der Waals surface area contributed by atoms with Gasteiger partial charge in [-0.05, 0) is 44.4 Å². The lowest BCUT2D eigenvalue weighted by Crippen LogP contribution is -2.21. The number of ketones is 1. The van der Waals surface area contributed by atoms with Gasteiger partial charge in [-0.3, -0.25) is 9.59 Å². The minimum Gasteiger partial charge on any atom is -0.388 e. The quantitative estimate of drug-likeness (QED) is 0.465. The number of benzene rings is 1. The summed E-state index contributed by atoms with van der Waals surface area (Å²) in [5.74, 6) is -0.100. The molecule has 0 aliphatic heterocycles. The van der Waals surface area contributed by atoms with Gasteiger partial charge >= 0.3 is 0 Å². The van der Waals surface area contributed by atoms with Crippen LogP contribution in [0.1, 0.15) is 62.9 Å². The molecule has 1 rings (SSSR count). The van der Waals surface area contributed by atoms with Crippen molar-refractivity contribution >= 4 is 33.3 Å². The predicted octanol–water partition coefficient (Wildman–Crippen LogP) is 4.84. The van der Waals surface area contributed by atoms with E-state index >= 15 is 0 Å². The number of halogens is 1. The Morgan fingerprint density at radius 2 is 1.96 bits per heavy atom. The molecule has 24 heavy (non-hydrogen) atoms. The van der Waals surface area contributed by atoms with Crippen LogP contribution in [0.25, 0.3) is 0 Å². The molecule has 0 saturated heterocycles. The van der Waals surface area contributed by atoms with Gasteiger partial charge in [-0.15, -0.1) is 0 Å². The van der Waals surface area contributed by atoms with Gasteiger partial charge in [0.15, 0.2) is 5.78 Å². The van der Waals surface area contributed by atoms with Gasteiger partial charge in [-0.25, -0.2) is 0 Å². The van der Waals surface area contributed by atoms with Gasteiger partial charge in [-0.1, -0.05) is 42.3 Å². The first-order valence-electron chi connectivity index (χ1n) is 8.45. The molecule has 0 saturated carbocycles. The van der Waals surface area contributed by atoms with E-state index in [1.165, 1.54) is 0 Å². The molecular formula is C19H27BrN2O2. The van der Waals surface area contributed by atoms with E-state index in [9.17, 15) is 9.59 Å². The summed E-state index contributed by atoms with van der Waals surface area (Å²) in [5, 5.41) is 6.17. The number of allylic oxidation sites excluding steroid dienone is 1. The molecule has 5 heteroatoms. The average molecular weight is 395 g/mol. The van der Waals surface area contributed by atoms with Crippen LogP contribution >= 0.6 is 15.9 Å². The third-order valence-electron chi connectivity index (χ3n) is 3.79. The molecule has 0 aromatic heterocycles. The Hall–Kier alpha value is -1.62. The summed E-state index contributed by atoms with van der Waals surface area (Å²) in [6.07, 6.45) is 5.16. The van der Waals surface area contributed by atoms with Crippen molar-refractivity contribution < 1.29 is 9.59 Å². The van der Waals surface area contributed by atoms with Gasteiger partial charge in [0.25, 0.3) is 0 Å². The molecule has 0 bridgehead atoms. The smallest absolute Gasteiger partial charge is 0.230 e. The lowest BCUT2D eigenvalue weighted by molar-refractivity contribution is -0.115. The number of nitrogens with one attached hydrogen (secondary N) is 2. The van der Waals surface area contributed by atoms with Crippen LogP contribution in [-0.2, 0) is 11.2 Å². The molecule has 0 radical (unpaired) electrons. The molecule has 1 aromatic rings. The van der Waals surface area contributed by atoms with Gasteiger partial charge in [0, 0.05) is 28.0 Å². The van der Waals surface area contributed by atoms with Crippen LogP contribution in [0.5, 0.6) is 0 Å². The van der Waals surface area contributed by atoms with Gasteiger partial charge in [0.2, 0.25) is 5.91 Å². The maximum Gasteiger partial charge on any atom is 0.230 e. The van der Waals surface area contributed by atoms with Crippen LogP contribution in [0, 0.1) is 0 Å². The zero-order chi connectivity index (χ0) is 18.1. The molecule has 0 unspecified atom stereocenters. The van der Waals surface area contributed by atoms with Gasteiger partial charge in [0.1, 0.15) is 0 Å². The second kappa shape index (κ2) is 10.3. The topological polar surface area (TPSA) is 58.2 Å². The van der Waals surface area contributed by atoms with Gasteiger partial charge < -0.3 is 10.6 Å². The van der Waals surface area contributed by atoms with Crippen LogP contribution in [0.15, 0.2) is 28.4 Å². The zero-order valence-corrected chi connectivity index (χ0v) is 16.5. The number of Topliss-reactive ketones (excluding diaryl/α,β-unsaturated/α-hetero) is 1. The lowest BCUT2D eigenvalue weighted by atomic mass is 10.0. The third-order valence-corrected chi connectivity index (χ3v) is 4.50. The number of amides is 1. The first kappa shape index (κ1) is 20.4. The van der Waals surface area contributed by atoms with Crippen molar-refractivity contribution in [2.75, 3.05) is 11.9 Å². The predicted molar refractivity (Wildman–Crippen MR) is 103 cm³/mol. The Balaban J connectivity index is 2.81. The van der Waals surface area contributed by atoms with Crippen molar-refractivity contribution in [3.05, 3.63) is 39.5 Å². The summed E-state index contributed by atoms with van der Waals surface area (Å²) in [6, 6.07) is 3.60. The minimum absolute atomic E-state index is 0.000903. The fourth-order valence-electron chi connectivity index (χ4n) is 2.45. The molecule has 2 N–H and O–H groups in total. The van der Waals surface area contributed by atoms with Crippen molar-refractivity contribution in [3.63, 3.8) is 0 Å². The molecule has 0 aliphatic rings. The first-order valence-corrected chi connectivity index (χ1v) is 9.24. The highest BCUT2D eigenvalue weighted by molar-refractivity contribution is 9.10. The summed E-state index contributed by atoms with van der Waals surface area (Å²) in [6.45, 7) is 8.47. The molecule has 4 nitrogen and oxygen atoms in total. The van der Waals surface area contributed by atoms with E-state index in [1.54, 1.807) is 13.0 Å². The largest absolute Gasteiger partial charge is 0.388 e. The minimum atomic E-state index is -0.0993. The highest BCUT2D eigenvalue weighted by Crippen LogP contribution is 2.27.